The number of carbonyl (C=O) groups is 1. The third kappa shape index (κ3) is 4.64. The van der Waals surface area contributed by atoms with Crippen molar-refractivity contribution in [3.63, 3.8) is 0 Å². The number of hydrogen-bond acceptors (Lipinski definition) is 6. The van der Waals surface area contributed by atoms with Crippen molar-refractivity contribution in [2.45, 2.75) is 70.3 Å². The molecule has 5 nitrogen and oxygen atoms in total. The second-order valence-corrected chi connectivity index (χ2v) is 10.8. The average molecular weight is 471 g/mol. The van der Waals surface area contributed by atoms with E-state index in [0.29, 0.717) is 23.8 Å². The molecule has 32 heavy (non-hydrogen) atoms. The third-order valence-corrected chi connectivity index (χ3v) is 8.22. The van der Waals surface area contributed by atoms with E-state index in [9.17, 15) is 9.59 Å². The monoisotopic (exact) mass is 470 g/mol. The molecule has 0 radical (unpaired) electrons. The summed E-state index contributed by atoms with van der Waals surface area (Å²) in [6, 6.07) is 5.50. The molecule has 170 valence electrons. The lowest BCUT2D eigenvalue weighted by Crippen LogP contribution is -2.24. The maximum absolute atomic E-state index is 13.6. The molecular formula is C25H30N2O3S2. The van der Waals surface area contributed by atoms with E-state index in [1.807, 2.05) is 16.7 Å². The Bertz CT molecular complexity index is 1210. The molecule has 7 heteroatoms. The molecule has 0 unspecified atom stereocenters. The largest absolute Gasteiger partial charge is 0.496 e. The molecule has 0 aliphatic heterocycles. The van der Waals surface area contributed by atoms with Gasteiger partial charge in [-0.1, -0.05) is 25.6 Å². The lowest BCUT2D eigenvalue weighted by molar-refractivity contribution is 0.101. The van der Waals surface area contributed by atoms with E-state index in [1.54, 1.807) is 43.2 Å². The number of nitrogens with zero attached hydrogens (tertiary/aromatic N) is 2. The summed E-state index contributed by atoms with van der Waals surface area (Å²) in [5, 5.41) is 1.59. The SMILES string of the molecule is COc1ccc(C(C)=O)cc1CSc1nc2sc3c(c2c(=O)n1CCC(C)C)CCCC3. The number of methoxy groups -OCH3 is 1. The number of thiophene rings is 1. The summed E-state index contributed by atoms with van der Waals surface area (Å²) in [6.45, 7) is 6.58. The number of ketones is 1. The fourth-order valence-corrected chi connectivity index (χ4v) is 6.47. The maximum atomic E-state index is 13.6. The number of aryl methyl sites for hydroxylation is 2. The third-order valence-electron chi connectivity index (χ3n) is 6.01. The Kier molecular flexibility index (Phi) is 7.05. The Morgan fingerprint density at radius 3 is 2.78 bits per heavy atom. The van der Waals surface area contributed by atoms with Gasteiger partial charge in [-0.05, 0) is 68.7 Å². The quantitative estimate of drug-likeness (QED) is 0.233. The van der Waals surface area contributed by atoms with Crippen LogP contribution in [0.2, 0.25) is 0 Å². The number of carbonyl (C=O) groups excluding carboxylic acids is 1. The summed E-state index contributed by atoms with van der Waals surface area (Å²) < 4.78 is 7.39. The molecule has 1 aliphatic carbocycles. The molecule has 1 aliphatic rings. The first-order chi connectivity index (χ1) is 15.4. The molecule has 0 amide bonds. The molecule has 0 bridgehead atoms. The topological polar surface area (TPSA) is 61.2 Å². The summed E-state index contributed by atoms with van der Waals surface area (Å²) in [6.07, 6.45) is 5.30. The van der Waals surface area contributed by atoms with Crippen molar-refractivity contribution in [2.24, 2.45) is 5.92 Å². The predicted octanol–water partition coefficient (Wildman–Crippen LogP) is 5.89. The molecule has 4 rings (SSSR count). The molecule has 0 atom stereocenters. The average Bonchev–Trinajstić information content (AvgIpc) is 3.15. The zero-order valence-electron chi connectivity index (χ0n) is 19.2. The van der Waals surface area contributed by atoms with Crippen LogP contribution in [0, 0.1) is 5.92 Å². The Hall–Kier alpha value is -2.12. The Morgan fingerprint density at radius 2 is 2.06 bits per heavy atom. The van der Waals surface area contributed by atoms with Crippen LogP contribution >= 0.6 is 23.1 Å². The first-order valence-corrected chi connectivity index (χ1v) is 13.0. The molecule has 0 spiro atoms. The number of benzene rings is 1. The molecule has 0 saturated carbocycles. The molecular weight excluding hydrogens is 440 g/mol. The summed E-state index contributed by atoms with van der Waals surface area (Å²) >= 11 is 3.23. The highest BCUT2D eigenvalue weighted by atomic mass is 32.2. The molecule has 3 aromatic rings. The van der Waals surface area contributed by atoms with Crippen molar-refractivity contribution < 1.29 is 9.53 Å². The normalized spacial score (nSPS) is 13.5. The second-order valence-electron chi connectivity index (χ2n) is 8.80. The van der Waals surface area contributed by atoms with Crippen LogP contribution in [0.15, 0.2) is 28.2 Å². The van der Waals surface area contributed by atoms with E-state index < -0.39 is 0 Å². The first kappa shape index (κ1) is 23.1. The van der Waals surface area contributed by atoms with Gasteiger partial charge in [0.05, 0.1) is 12.5 Å². The molecule has 1 aromatic carbocycles. The van der Waals surface area contributed by atoms with Gasteiger partial charge in [0.2, 0.25) is 0 Å². The zero-order chi connectivity index (χ0) is 22.8. The fraction of sp³-hybridized carbons (Fsp3) is 0.480. The highest BCUT2D eigenvalue weighted by Crippen LogP contribution is 2.35. The second kappa shape index (κ2) is 9.79. The van der Waals surface area contributed by atoms with E-state index in [1.165, 1.54) is 16.9 Å². The summed E-state index contributed by atoms with van der Waals surface area (Å²) in [4.78, 5) is 32.7. The van der Waals surface area contributed by atoms with Gasteiger partial charge in [-0.3, -0.25) is 14.2 Å². The summed E-state index contributed by atoms with van der Waals surface area (Å²) in [5.41, 5.74) is 2.93. The minimum atomic E-state index is 0.0245. The van der Waals surface area contributed by atoms with Crippen molar-refractivity contribution in [1.29, 1.82) is 0 Å². The number of ether oxygens (including phenoxy) is 1. The highest BCUT2D eigenvalue weighted by Gasteiger charge is 2.22. The Balaban J connectivity index is 1.74. The fourth-order valence-electron chi connectivity index (χ4n) is 4.17. The van der Waals surface area contributed by atoms with E-state index in [2.05, 4.69) is 13.8 Å². The number of rotatable bonds is 8. The van der Waals surface area contributed by atoms with Gasteiger partial charge >= 0.3 is 0 Å². The van der Waals surface area contributed by atoms with Crippen LogP contribution in [0.25, 0.3) is 10.2 Å². The molecule has 2 heterocycles. The van der Waals surface area contributed by atoms with Gasteiger partial charge in [-0.25, -0.2) is 4.98 Å². The Morgan fingerprint density at radius 1 is 1.28 bits per heavy atom. The lowest BCUT2D eigenvalue weighted by Gasteiger charge is -2.15. The number of aromatic nitrogens is 2. The lowest BCUT2D eigenvalue weighted by atomic mass is 9.97. The van der Waals surface area contributed by atoms with Crippen molar-refractivity contribution in [1.82, 2.24) is 9.55 Å². The smallest absolute Gasteiger partial charge is 0.263 e. The van der Waals surface area contributed by atoms with Crippen molar-refractivity contribution in [3.05, 3.63) is 50.1 Å². The van der Waals surface area contributed by atoms with Gasteiger partial charge in [0.1, 0.15) is 10.6 Å². The minimum Gasteiger partial charge on any atom is -0.496 e. The van der Waals surface area contributed by atoms with Gasteiger partial charge in [-0.2, -0.15) is 0 Å². The van der Waals surface area contributed by atoms with Gasteiger partial charge < -0.3 is 4.74 Å². The van der Waals surface area contributed by atoms with E-state index in [-0.39, 0.29) is 11.3 Å². The maximum Gasteiger partial charge on any atom is 0.263 e. The molecule has 0 fully saturated rings. The van der Waals surface area contributed by atoms with Gasteiger partial charge in [0.15, 0.2) is 10.9 Å². The van der Waals surface area contributed by atoms with Crippen LogP contribution < -0.4 is 10.3 Å². The molecule has 2 aromatic heterocycles. The highest BCUT2D eigenvalue weighted by molar-refractivity contribution is 7.98. The molecule has 0 saturated heterocycles. The van der Waals surface area contributed by atoms with E-state index >= 15 is 0 Å². The van der Waals surface area contributed by atoms with Crippen LogP contribution in [0.3, 0.4) is 0 Å². The van der Waals surface area contributed by atoms with Crippen LogP contribution in [0.5, 0.6) is 5.75 Å². The number of fused-ring (bicyclic) bond motifs is 3. The standard InChI is InChI=1S/C25H30N2O3S2/c1-15(2)11-12-27-24(29)22-19-7-5-6-8-21(19)32-23(22)26-25(27)31-14-18-13-17(16(3)28)9-10-20(18)30-4/h9-10,13,15H,5-8,11-12,14H2,1-4H3. The van der Waals surface area contributed by atoms with Crippen LogP contribution in [-0.2, 0) is 25.1 Å². The first-order valence-electron chi connectivity index (χ1n) is 11.2. The predicted molar refractivity (Wildman–Crippen MR) is 133 cm³/mol. The van der Waals surface area contributed by atoms with Crippen LogP contribution in [0.4, 0.5) is 0 Å². The minimum absolute atomic E-state index is 0.0245. The molecule has 0 N–H and O–H groups in total. The van der Waals surface area contributed by atoms with E-state index in [4.69, 9.17) is 9.72 Å². The number of hydrogen-bond donors (Lipinski definition) is 0. The number of thioether (sulfide) groups is 1. The van der Waals surface area contributed by atoms with Crippen LogP contribution in [-0.4, -0.2) is 22.4 Å². The van der Waals surface area contributed by atoms with Crippen molar-refractivity contribution >= 4 is 39.1 Å². The van der Waals surface area contributed by atoms with Crippen molar-refractivity contribution in [3.8, 4) is 5.75 Å². The van der Waals surface area contributed by atoms with Crippen LogP contribution in [0.1, 0.15) is 66.4 Å². The number of Topliss-reactive ketones (excluding diaryl/α,β-unsaturated/α-hetero) is 1. The van der Waals surface area contributed by atoms with Gasteiger partial charge in [0.25, 0.3) is 5.56 Å². The zero-order valence-corrected chi connectivity index (χ0v) is 20.8. The van der Waals surface area contributed by atoms with Crippen molar-refractivity contribution in [2.75, 3.05) is 7.11 Å². The Labute approximate surface area is 197 Å². The summed E-state index contributed by atoms with van der Waals surface area (Å²) in [7, 11) is 1.63. The van der Waals surface area contributed by atoms with Gasteiger partial charge in [0, 0.05) is 28.3 Å². The van der Waals surface area contributed by atoms with Gasteiger partial charge in [-0.15, -0.1) is 11.3 Å². The summed E-state index contributed by atoms with van der Waals surface area (Å²) in [5.74, 6) is 1.84. The van der Waals surface area contributed by atoms with E-state index in [0.717, 1.165) is 52.4 Å².